The van der Waals surface area contributed by atoms with Crippen LogP contribution in [0.5, 0.6) is 0 Å². The van der Waals surface area contributed by atoms with E-state index in [0.29, 0.717) is 12.5 Å². The van der Waals surface area contributed by atoms with E-state index in [1.165, 1.54) is 12.1 Å². The van der Waals surface area contributed by atoms with Crippen molar-refractivity contribution in [3.63, 3.8) is 0 Å². The molecule has 0 aliphatic heterocycles. The van der Waals surface area contributed by atoms with Crippen LogP contribution in [0, 0.1) is 11.7 Å². The molecule has 0 bridgehead atoms. The third-order valence-electron chi connectivity index (χ3n) is 3.05. The fraction of sp³-hybridized carbons (Fsp3) is 0.556. The Labute approximate surface area is 143 Å². The van der Waals surface area contributed by atoms with Crippen LogP contribution >= 0.6 is 0 Å². The molecule has 1 atom stereocenters. The van der Waals surface area contributed by atoms with Gasteiger partial charge in [-0.1, -0.05) is 26.0 Å². The van der Waals surface area contributed by atoms with Crippen molar-refractivity contribution < 1.29 is 18.7 Å². The summed E-state index contributed by atoms with van der Waals surface area (Å²) in [6, 6.07) is 5.05. The summed E-state index contributed by atoms with van der Waals surface area (Å²) in [4.78, 5) is 24.3. The van der Waals surface area contributed by atoms with Gasteiger partial charge < -0.3 is 15.4 Å². The second-order valence-corrected chi connectivity index (χ2v) is 7.17. The van der Waals surface area contributed by atoms with Gasteiger partial charge in [-0.25, -0.2) is 9.18 Å². The highest BCUT2D eigenvalue weighted by atomic mass is 19.1. The van der Waals surface area contributed by atoms with Gasteiger partial charge in [0.2, 0.25) is 5.91 Å². The van der Waals surface area contributed by atoms with E-state index in [9.17, 15) is 14.0 Å². The van der Waals surface area contributed by atoms with Gasteiger partial charge >= 0.3 is 6.09 Å². The number of carbonyl (C=O) groups excluding carboxylic acids is 2. The highest BCUT2D eigenvalue weighted by Gasteiger charge is 2.24. The number of nitrogens with one attached hydrogen (secondary N) is 2. The molecular weight excluding hydrogens is 311 g/mol. The van der Waals surface area contributed by atoms with Crippen LogP contribution in [0.15, 0.2) is 24.3 Å². The first-order chi connectivity index (χ1) is 11.1. The highest BCUT2D eigenvalue weighted by molar-refractivity contribution is 5.86. The van der Waals surface area contributed by atoms with E-state index in [0.717, 1.165) is 5.56 Å². The van der Waals surface area contributed by atoms with E-state index in [1.54, 1.807) is 32.9 Å². The number of alkyl carbamates (subject to hydrolysis) is 1. The summed E-state index contributed by atoms with van der Waals surface area (Å²) in [5, 5.41) is 5.39. The first-order valence-electron chi connectivity index (χ1n) is 8.08. The fourth-order valence-corrected chi connectivity index (χ4v) is 1.94. The van der Waals surface area contributed by atoms with Crippen molar-refractivity contribution in [2.75, 3.05) is 6.54 Å². The van der Waals surface area contributed by atoms with Gasteiger partial charge in [0.05, 0.1) is 0 Å². The van der Waals surface area contributed by atoms with Crippen LogP contribution < -0.4 is 10.6 Å². The first kappa shape index (κ1) is 19.9. The van der Waals surface area contributed by atoms with Crippen molar-refractivity contribution in [2.45, 2.75) is 52.7 Å². The SMILES string of the molecule is CC(C)CNC(=O)C(Cc1ccc(F)cc1)NC(=O)OC(C)(C)C. The lowest BCUT2D eigenvalue weighted by Crippen LogP contribution is -2.49. The summed E-state index contributed by atoms with van der Waals surface area (Å²) in [6.07, 6.45) is -0.405. The minimum absolute atomic E-state index is 0.253. The molecular formula is C18H27FN2O3. The fourth-order valence-electron chi connectivity index (χ4n) is 1.94. The van der Waals surface area contributed by atoms with Crippen LogP contribution in [0.3, 0.4) is 0 Å². The summed E-state index contributed by atoms with van der Waals surface area (Å²) in [7, 11) is 0. The maximum atomic E-state index is 13.0. The monoisotopic (exact) mass is 338 g/mol. The Hall–Kier alpha value is -2.11. The van der Waals surface area contributed by atoms with Gasteiger partial charge in [-0.05, 0) is 44.4 Å². The predicted molar refractivity (Wildman–Crippen MR) is 91.1 cm³/mol. The molecule has 0 aromatic heterocycles. The Morgan fingerprint density at radius 2 is 1.75 bits per heavy atom. The maximum absolute atomic E-state index is 13.0. The van der Waals surface area contributed by atoms with Gasteiger partial charge in [0, 0.05) is 13.0 Å². The molecule has 0 saturated carbocycles. The standard InChI is InChI=1S/C18H27FN2O3/c1-12(2)11-20-16(22)15(21-17(23)24-18(3,4)5)10-13-6-8-14(19)9-7-13/h6-9,12,15H,10-11H2,1-5H3,(H,20,22)(H,21,23). The minimum Gasteiger partial charge on any atom is -0.444 e. The quantitative estimate of drug-likeness (QED) is 0.838. The smallest absolute Gasteiger partial charge is 0.408 e. The van der Waals surface area contributed by atoms with Crippen molar-refractivity contribution in [1.29, 1.82) is 0 Å². The second kappa shape index (κ2) is 8.66. The van der Waals surface area contributed by atoms with Gasteiger partial charge in [0.25, 0.3) is 0 Å². The lowest BCUT2D eigenvalue weighted by Gasteiger charge is -2.23. The lowest BCUT2D eigenvalue weighted by atomic mass is 10.0. The van der Waals surface area contributed by atoms with Crippen LogP contribution in [0.2, 0.25) is 0 Å². The van der Waals surface area contributed by atoms with E-state index in [1.807, 2.05) is 13.8 Å². The van der Waals surface area contributed by atoms with Crippen molar-refractivity contribution >= 4 is 12.0 Å². The number of hydrogen-bond donors (Lipinski definition) is 2. The molecule has 1 aromatic rings. The van der Waals surface area contributed by atoms with Crippen molar-refractivity contribution in [2.24, 2.45) is 5.92 Å². The molecule has 1 unspecified atom stereocenters. The molecule has 24 heavy (non-hydrogen) atoms. The average molecular weight is 338 g/mol. The highest BCUT2D eigenvalue weighted by Crippen LogP contribution is 2.09. The van der Waals surface area contributed by atoms with Gasteiger partial charge in [-0.2, -0.15) is 0 Å². The number of benzene rings is 1. The number of carbonyl (C=O) groups is 2. The molecule has 1 aromatic carbocycles. The lowest BCUT2D eigenvalue weighted by molar-refractivity contribution is -0.123. The number of halogens is 1. The van der Waals surface area contributed by atoms with Crippen molar-refractivity contribution in [3.05, 3.63) is 35.6 Å². The Morgan fingerprint density at radius 3 is 2.25 bits per heavy atom. The Balaban J connectivity index is 2.79. The average Bonchev–Trinajstić information content (AvgIpc) is 2.44. The number of rotatable bonds is 6. The van der Waals surface area contributed by atoms with E-state index in [4.69, 9.17) is 4.74 Å². The summed E-state index contributed by atoms with van der Waals surface area (Å²) < 4.78 is 18.2. The molecule has 5 nitrogen and oxygen atoms in total. The minimum atomic E-state index is -0.788. The summed E-state index contributed by atoms with van der Waals surface area (Å²) in [6.45, 7) is 9.73. The third-order valence-corrected chi connectivity index (χ3v) is 3.05. The number of ether oxygens (including phenoxy) is 1. The van der Waals surface area contributed by atoms with Crippen LogP contribution in [-0.2, 0) is 16.0 Å². The van der Waals surface area contributed by atoms with E-state index in [-0.39, 0.29) is 18.1 Å². The van der Waals surface area contributed by atoms with Gasteiger partial charge in [0.15, 0.2) is 0 Å². The molecule has 0 aliphatic carbocycles. The topological polar surface area (TPSA) is 67.4 Å². The first-order valence-corrected chi connectivity index (χ1v) is 8.08. The number of amides is 2. The number of hydrogen-bond acceptors (Lipinski definition) is 3. The predicted octanol–water partition coefficient (Wildman–Crippen LogP) is 3.03. The van der Waals surface area contributed by atoms with Crippen LogP contribution in [0.1, 0.15) is 40.2 Å². The molecule has 0 radical (unpaired) electrons. The molecule has 2 N–H and O–H groups in total. The van der Waals surface area contributed by atoms with Gasteiger partial charge in [-0.3, -0.25) is 4.79 Å². The second-order valence-electron chi connectivity index (χ2n) is 7.17. The molecule has 0 fully saturated rings. The van der Waals surface area contributed by atoms with Crippen LogP contribution in [-0.4, -0.2) is 30.2 Å². The van der Waals surface area contributed by atoms with Crippen LogP contribution in [0.25, 0.3) is 0 Å². The van der Waals surface area contributed by atoms with E-state index >= 15 is 0 Å². The van der Waals surface area contributed by atoms with E-state index in [2.05, 4.69) is 10.6 Å². The Kier molecular flexibility index (Phi) is 7.19. The van der Waals surface area contributed by atoms with Gasteiger partial charge in [-0.15, -0.1) is 0 Å². The van der Waals surface area contributed by atoms with Crippen LogP contribution in [0.4, 0.5) is 9.18 Å². The summed E-state index contributed by atoms with van der Waals surface area (Å²) in [5.41, 5.74) is 0.0935. The Morgan fingerprint density at radius 1 is 1.17 bits per heavy atom. The zero-order chi connectivity index (χ0) is 18.3. The molecule has 0 aliphatic rings. The van der Waals surface area contributed by atoms with Gasteiger partial charge in [0.1, 0.15) is 17.5 Å². The molecule has 0 spiro atoms. The zero-order valence-electron chi connectivity index (χ0n) is 15.0. The molecule has 6 heteroatoms. The normalized spacial score (nSPS) is 12.6. The summed E-state index contributed by atoms with van der Waals surface area (Å²) in [5.74, 6) is -0.347. The third kappa shape index (κ3) is 7.94. The van der Waals surface area contributed by atoms with Crippen molar-refractivity contribution in [1.82, 2.24) is 10.6 Å². The molecule has 2 amide bonds. The zero-order valence-corrected chi connectivity index (χ0v) is 15.0. The molecule has 0 saturated heterocycles. The largest absolute Gasteiger partial charge is 0.444 e. The molecule has 1 rings (SSSR count). The molecule has 134 valence electrons. The van der Waals surface area contributed by atoms with E-state index < -0.39 is 17.7 Å². The summed E-state index contributed by atoms with van der Waals surface area (Å²) >= 11 is 0. The molecule has 0 heterocycles. The van der Waals surface area contributed by atoms with Crippen molar-refractivity contribution in [3.8, 4) is 0 Å². The Bertz CT molecular complexity index is 550. The maximum Gasteiger partial charge on any atom is 0.408 e.